The molecule has 0 aromatic heterocycles. The number of aryl methyl sites for hydroxylation is 1. The van der Waals surface area contributed by atoms with Gasteiger partial charge in [0.05, 0.1) is 18.1 Å². The number of fused-ring (bicyclic) bond motifs is 1. The molecule has 2 unspecified atom stereocenters. The molecule has 0 aliphatic heterocycles. The number of unbranched alkanes of at least 4 members (excludes halogenated alkanes) is 1. The summed E-state index contributed by atoms with van der Waals surface area (Å²) in [7, 11) is 0. The van der Waals surface area contributed by atoms with Crippen LogP contribution in [0.1, 0.15) is 43.7 Å². The third-order valence-corrected chi connectivity index (χ3v) is 4.30. The number of benzene rings is 1. The molecular weight excluding hydrogens is 268 g/mol. The number of carbonyl (C=O) groups is 1. The Morgan fingerprint density at radius 2 is 2.19 bits per heavy atom. The second-order valence-electron chi connectivity index (χ2n) is 5.83. The van der Waals surface area contributed by atoms with Crippen LogP contribution >= 0.6 is 0 Å². The predicted octanol–water partition coefficient (Wildman–Crippen LogP) is 2.52. The maximum atomic E-state index is 11.8. The van der Waals surface area contributed by atoms with E-state index in [1.807, 2.05) is 24.3 Å². The molecule has 0 heterocycles. The first-order chi connectivity index (χ1) is 10.1. The molecule has 0 spiro atoms. The van der Waals surface area contributed by atoms with Gasteiger partial charge in [-0.2, -0.15) is 0 Å². The number of carboxylic acids is 1. The average Bonchev–Trinajstić information content (AvgIpc) is 2.84. The van der Waals surface area contributed by atoms with Crippen molar-refractivity contribution < 1.29 is 19.7 Å². The number of rotatable bonds is 8. The lowest BCUT2D eigenvalue weighted by Crippen LogP contribution is -2.38. The van der Waals surface area contributed by atoms with Crippen LogP contribution in [-0.4, -0.2) is 35.5 Å². The number of ether oxygens (including phenoxy) is 1. The fourth-order valence-corrected chi connectivity index (χ4v) is 3.14. The Morgan fingerprint density at radius 3 is 2.90 bits per heavy atom. The first kappa shape index (κ1) is 16.0. The molecule has 0 amide bonds. The van der Waals surface area contributed by atoms with Gasteiger partial charge in [0.2, 0.25) is 0 Å². The molecular formula is C17H24O4. The van der Waals surface area contributed by atoms with Crippen LogP contribution in [0.4, 0.5) is 0 Å². The lowest BCUT2D eigenvalue weighted by atomic mass is 9.77. The number of hydrogen-bond acceptors (Lipinski definition) is 3. The Balaban J connectivity index is 2.06. The van der Waals surface area contributed by atoms with Crippen LogP contribution in [0.25, 0.3) is 0 Å². The van der Waals surface area contributed by atoms with Gasteiger partial charge in [0, 0.05) is 6.61 Å². The van der Waals surface area contributed by atoms with Gasteiger partial charge in [-0.25, -0.2) is 0 Å². The molecule has 1 aromatic rings. The minimum Gasteiger partial charge on any atom is -0.481 e. The minimum absolute atomic E-state index is 0.206. The number of hydrogen-bond donors (Lipinski definition) is 2. The zero-order valence-corrected chi connectivity index (χ0v) is 12.5. The number of aliphatic carboxylic acids is 1. The minimum atomic E-state index is -0.968. The number of carboxylic acid groups (broad SMARTS) is 1. The lowest BCUT2D eigenvalue weighted by molar-refractivity contribution is -0.145. The predicted molar refractivity (Wildman–Crippen MR) is 80.4 cm³/mol. The Kier molecular flexibility index (Phi) is 5.37. The molecule has 2 atom stereocenters. The van der Waals surface area contributed by atoms with Crippen molar-refractivity contribution in [2.75, 3.05) is 13.2 Å². The van der Waals surface area contributed by atoms with Crippen molar-refractivity contribution >= 4 is 5.97 Å². The molecule has 0 saturated heterocycles. The summed E-state index contributed by atoms with van der Waals surface area (Å²) in [5, 5.41) is 19.9. The van der Waals surface area contributed by atoms with E-state index in [2.05, 4.69) is 6.92 Å². The van der Waals surface area contributed by atoms with Crippen molar-refractivity contribution in [1.82, 2.24) is 0 Å². The highest BCUT2D eigenvalue weighted by Crippen LogP contribution is 2.42. The van der Waals surface area contributed by atoms with Gasteiger partial charge in [-0.1, -0.05) is 37.6 Å². The highest BCUT2D eigenvalue weighted by Gasteiger charge is 2.46. The van der Waals surface area contributed by atoms with E-state index in [-0.39, 0.29) is 13.0 Å². The highest BCUT2D eigenvalue weighted by molar-refractivity contribution is 5.83. The Morgan fingerprint density at radius 1 is 1.43 bits per heavy atom. The first-order valence-electron chi connectivity index (χ1n) is 7.67. The SMILES string of the molecule is CCCCOCC(O)CC1(C(=O)O)CCc2ccccc21. The highest BCUT2D eigenvalue weighted by atomic mass is 16.5. The number of aliphatic hydroxyl groups is 1. The monoisotopic (exact) mass is 292 g/mol. The molecule has 4 heteroatoms. The Labute approximate surface area is 125 Å². The normalized spacial score (nSPS) is 22.0. The van der Waals surface area contributed by atoms with Crippen molar-refractivity contribution in [2.45, 2.75) is 50.5 Å². The smallest absolute Gasteiger partial charge is 0.314 e. The topological polar surface area (TPSA) is 66.8 Å². The van der Waals surface area contributed by atoms with Crippen LogP contribution in [-0.2, 0) is 21.4 Å². The van der Waals surface area contributed by atoms with Crippen molar-refractivity contribution in [3.05, 3.63) is 35.4 Å². The molecule has 4 nitrogen and oxygen atoms in total. The molecule has 1 aliphatic rings. The molecule has 1 aliphatic carbocycles. The van der Waals surface area contributed by atoms with E-state index < -0.39 is 17.5 Å². The zero-order chi connectivity index (χ0) is 15.3. The van der Waals surface area contributed by atoms with E-state index in [0.29, 0.717) is 13.0 Å². The van der Waals surface area contributed by atoms with E-state index in [9.17, 15) is 15.0 Å². The van der Waals surface area contributed by atoms with Gasteiger partial charge < -0.3 is 14.9 Å². The van der Waals surface area contributed by atoms with Crippen molar-refractivity contribution in [3.63, 3.8) is 0 Å². The fourth-order valence-electron chi connectivity index (χ4n) is 3.14. The van der Waals surface area contributed by atoms with Gasteiger partial charge >= 0.3 is 5.97 Å². The van der Waals surface area contributed by atoms with Crippen LogP contribution in [0.2, 0.25) is 0 Å². The quantitative estimate of drug-likeness (QED) is 0.723. The largest absolute Gasteiger partial charge is 0.481 e. The summed E-state index contributed by atoms with van der Waals surface area (Å²) in [5.41, 5.74) is 0.966. The van der Waals surface area contributed by atoms with E-state index in [1.165, 1.54) is 0 Å². The van der Waals surface area contributed by atoms with E-state index >= 15 is 0 Å². The van der Waals surface area contributed by atoms with Crippen LogP contribution in [0.15, 0.2) is 24.3 Å². The summed E-state index contributed by atoms with van der Waals surface area (Å²) < 4.78 is 5.42. The first-order valence-corrected chi connectivity index (χ1v) is 7.67. The molecule has 1 aromatic carbocycles. The van der Waals surface area contributed by atoms with Crippen LogP contribution in [0.5, 0.6) is 0 Å². The molecule has 2 N–H and O–H groups in total. The number of aliphatic hydroxyl groups excluding tert-OH is 1. The summed E-state index contributed by atoms with van der Waals surface area (Å²) in [6.45, 7) is 2.90. The molecule has 0 saturated carbocycles. The third kappa shape index (κ3) is 3.44. The summed E-state index contributed by atoms with van der Waals surface area (Å²) in [6, 6.07) is 7.65. The van der Waals surface area contributed by atoms with Gasteiger partial charge in [0.25, 0.3) is 0 Å². The Hall–Kier alpha value is -1.39. The summed E-state index contributed by atoms with van der Waals surface area (Å²) in [5.74, 6) is -0.847. The van der Waals surface area contributed by atoms with E-state index in [0.717, 1.165) is 30.4 Å². The van der Waals surface area contributed by atoms with Crippen molar-refractivity contribution in [2.24, 2.45) is 0 Å². The van der Waals surface area contributed by atoms with Gasteiger partial charge in [-0.05, 0) is 36.8 Å². The third-order valence-electron chi connectivity index (χ3n) is 4.30. The Bertz CT molecular complexity index is 485. The van der Waals surface area contributed by atoms with Crippen molar-refractivity contribution in [1.29, 1.82) is 0 Å². The maximum Gasteiger partial charge on any atom is 0.314 e. The van der Waals surface area contributed by atoms with Crippen molar-refractivity contribution in [3.8, 4) is 0 Å². The van der Waals surface area contributed by atoms with Crippen LogP contribution in [0, 0.1) is 0 Å². The fraction of sp³-hybridized carbons (Fsp3) is 0.588. The summed E-state index contributed by atoms with van der Waals surface area (Å²) in [6.07, 6.45) is 2.77. The van der Waals surface area contributed by atoms with Crippen LogP contribution in [0.3, 0.4) is 0 Å². The molecule has 0 radical (unpaired) electrons. The van der Waals surface area contributed by atoms with Gasteiger partial charge in [0.15, 0.2) is 0 Å². The molecule has 0 fully saturated rings. The molecule has 21 heavy (non-hydrogen) atoms. The van der Waals surface area contributed by atoms with E-state index in [4.69, 9.17) is 4.74 Å². The van der Waals surface area contributed by atoms with Gasteiger partial charge in [-0.3, -0.25) is 4.79 Å². The zero-order valence-electron chi connectivity index (χ0n) is 12.5. The lowest BCUT2D eigenvalue weighted by Gasteiger charge is -2.28. The standard InChI is InChI=1S/C17H24O4/c1-2-3-10-21-12-14(18)11-17(16(19)20)9-8-13-6-4-5-7-15(13)17/h4-7,14,18H,2-3,8-12H2,1H3,(H,19,20). The average molecular weight is 292 g/mol. The second kappa shape index (κ2) is 7.05. The van der Waals surface area contributed by atoms with E-state index in [1.54, 1.807) is 0 Å². The van der Waals surface area contributed by atoms with Gasteiger partial charge in [0.1, 0.15) is 0 Å². The summed E-state index contributed by atoms with van der Waals surface area (Å²) in [4.78, 5) is 11.8. The second-order valence-corrected chi connectivity index (χ2v) is 5.83. The summed E-state index contributed by atoms with van der Waals surface area (Å²) >= 11 is 0. The van der Waals surface area contributed by atoms with Crippen LogP contribution < -0.4 is 0 Å². The molecule has 116 valence electrons. The maximum absolute atomic E-state index is 11.8. The molecule has 2 rings (SSSR count). The molecule has 0 bridgehead atoms. The van der Waals surface area contributed by atoms with Gasteiger partial charge in [-0.15, -0.1) is 0 Å².